The first-order valence-corrected chi connectivity index (χ1v) is 8.56. The van der Waals surface area contributed by atoms with E-state index < -0.39 is 15.6 Å². The molecule has 1 saturated heterocycles. The first-order valence-electron chi connectivity index (χ1n) is 6.19. The van der Waals surface area contributed by atoms with Crippen molar-refractivity contribution in [2.24, 2.45) is 0 Å². The molecule has 1 fully saturated rings. The van der Waals surface area contributed by atoms with Crippen molar-refractivity contribution in [1.82, 2.24) is 4.72 Å². The fourth-order valence-corrected chi connectivity index (χ4v) is 5.07. The van der Waals surface area contributed by atoms with Gasteiger partial charge in [0.15, 0.2) is 0 Å². The van der Waals surface area contributed by atoms with Gasteiger partial charge in [0.1, 0.15) is 4.90 Å². The third-order valence-electron chi connectivity index (χ3n) is 3.34. The van der Waals surface area contributed by atoms with E-state index in [4.69, 9.17) is 4.74 Å². The minimum atomic E-state index is -3.60. The predicted molar refractivity (Wildman–Crippen MR) is 73.8 cm³/mol. The molecule has 0 saturated carbocycles. The van der Waals surface area contributed by atoms with Gasteiger partial charge in [0.25, 0.3) is 0 Å². The Hall–Kier alpha value is -0.470. The number of aliphatic hydroxyl groups excluding tert-OH is 1. The Morgan fingerprint density at radius 2 is 2.32 bits per heavy atom. The van der Waals surface area contributed by atoms with Crippen molar-refractivity contribution < 1.29 is 18.3 Å². The fraction of sp³-hybridized carbons (Fsp3) is 0.667. The second-order valence-corrected chi connectivity index (χ2v) is 7.72. The van der Waals surface area contributed by atoms with Crippen LogP contribution >= 0.6 is 11.3 Å². The van der Waals surface area contributed by atoms with E-state index in [0.717, 1.165) is 12.8 Å². The summed E-state index contributed by atoms with van der Waals surface area (Å²) in [5.74, 6) is 0. The van der Waals surface area contributed by atoms with Crippen LogP contribution in [0, 0.1) is 6.92 Å². The highest BCUT2D eigenvalue weighted by molar-refractivity contribution is 7.89. The Balaban J connectivity index is 2.16. The molecule has 108 valence electrons. The van der Waals surface area contributed by atoms with E-state index in [0.29, 0.717) is 17.0 Å². The summed E-state index contributed by atoms with van der Waals surface area (Å²) in [5.41, 5.74) is 0.246. The van der Waals surface area contributed by atoms with Crippen molar-refractivity contribution in [3.8, 4) is 0 Å². The zero-order chi connectivity index (χ0) is 14.1. The summed E-state index contributed by atoms with van der Waals surface area (Å²) >= 11 is 1.26. The Kier molecular flexibility index (Phi) is 4.32. The molecule has 1 aromatic rings. The minimum absolute atomic E-state index is 0.210. The lowest BCUT2D eigenvalue weighted by molar-refractivity contribution is 0.0250. The fourth-order valence-electron chi connectivity index (χ4n) is 2.25. The molecular weight excluding hydrogens is 286 g/mol. The maximum absolute atomic E-state index is 12.3. The lowest BCUT2D eigenvalue weighted by Crippen LogP contribution is -2.40. The molecule has 7 heteroatoms. The smallest absolute Gasteiger partial charge is 0.242 e. The van der Waals surface area contributed by atoms with Crippen molar-refractivity contribution >= 4 is 21.4 Å². The van der Waals surface area contributed by atoms with Crippen molar-refractivity contribution in [3.63, 3.8) is 0 Å². The highest BCUT2D eigenvalue weighted by Crippen LogP contribution is 2.28. The van der Waals surface area contributed by atoms with Crippen LogP contribution in [0.25, 0.3) is 0 Å². The van der Waals surface area contributed by atoms with E-state index in [-0.39, 0.29) is 18.0 Å². The summed E-state index contributed by atoms with van der Waals surface area (Å²) in [7, 11) is -3.60. The maximum atomic E-state index is 12.3. The van der Waals surface area contributed by atoms with Gasteiger partial charge in [-0.1, -0.05) is 0 Å². The molecule has 0 amide bonds. The molecule has 2 rings (SSSR count). The number of rotatable bonds is 5. The van der Waals surface area contributed by atoms with Crippen LogP contribution in [0.1, 0.15) is 30.2 Å². The van der Waals surface area contributed by atoms with Crippen molar-refractivity contribution in [1.29, 1.82) is 0 Å². The van der Waals surface area contributed by atoms with Gasteiger partial charge in [0.05, 0.1) is 17.1 Å². The van der Waals surface area contributed by atoms with Gasteiger partial charge in [0.2, 0.25) is 10.0 Å². The van der Waals surface area contributed by atoms with Crippen LogP contribution < -0.4 is 4.72 Å². The van der Waals surface area contributed by atoms with Crippen LogP contribution in [-0.4, -0.2) is 32.3 Å². The zero-order valence-corrected chi connectivity index (χ0v) is 12.7. The molecule has 0 radical (unpaired) electrons. The Labute approximate surface area is 117 Å². The summed E-state index contributed by atoms with van der Waals surface area (Å²) < 4.78 is 32.8. The monoisotopic (exact) mass is 305 g/mol. The number of thiophene rings is 1. The van der Waals surface area contributed by atoms with Crippen molar-refractivity contribution in [2.45, 2.75) is 43.8 Å². The average Bonchev–Trinajstić information content (AvgIpc) is 2.94. The van der Waals surface area contributed by atoms with Crippen LogP contribution in [0.15, 0.2) is 10.3 Å². The quantitative estimate of drug-likeness (QED) is 0.862. The van der Waals surface area contributed by atoms with Gasteiger partial charge in [-0.05, 0) is 37.6 Å². The zero-order valence-electron chi connectivity index (χ0n) is 11.1. The van der Waals surface area contributed by atoms with Crippen molar-refractivity contribution in [3.05, 3.63) is 15.8 Å². The van der Waals surface area contributed by atoms with Gasteiger partial charge < -0.3 is 9.84 Å². The SMILES string of the molecule is Cc1csc(CO)c1S(=O)(=O)NCC1(C)CCCO1. The van der Waals surface area contributed by atoms with E-state index in [1.165, 1.54) is 11.3 Å². The Morgan fingerprint density at radius 1 is 1.58 bits per heavy atom. The molecular formula is C12H19NO4S2. The third-order valence-corrected chi connectivity index (χ3v) is 6.19. The second kappa shape index (κ2) is 5.49. The summed E-state index contributed by atoms with van der Waals surface area (Å²) in [6, 6.07) is 0. The van der Waals surface area contributed by atoms with E-state index in [1.54, 1.807) is 12.3 Å². The number of hydrogen-bond acceptors (Lipinski definition) is 5. The van der Waals surface area contributed by atoms with Crippen LogP contribution in [0.5, 0.6) is 0 Å². The van der Waals surface area contributed by atoms with Crippen LogP contribution in [0.3, 0.4) is 0 Å². The van der Waals surface area contributed by atoms with Gasteiger partial charge in [-0.3, -0.25) is 0 Å². The first-order chi connectivity index (χ1) is 8.88. The normalized spacial score (nSPS) is 23.9. The molecule has 2 N–H and O–H groups in total. The van der Waals surface area contributed by atoms with E-state index in [2.05, 4.69) is 4.72 Å². The van der Waals surface area contributed by atoms with Crippen LogP contribution in [0.2, 0.25) is 0 Å². The van der Waals surface area contributed by atoms with Gasteiger partial charge in [-0.2, -0.15) is 0 Å². The number of aryl methyl sites for hydroxylation is 1. The lowest BCUT2D eigenvalue weighted by atomic mass is 10.0. The van der Waals surface area contributed by atoms with Crippen LogP contribution in [-0.2, 0) is 21.4 Å². The molecule has 0 aromatic carbocycles. The van der Waals surface area contributed by atoms with E-state index in [1.807, 2.05) is 6.92 Å². The topological polar surface area (TPSA) is 75.6 Å². The maximum Gasteiger partial charge on any atom is 0.242 e. The van der Waals surface area contributed by atoms with Gasteiger partial charge in [-0.25, -0.2) is 13.1 Å². The number of hydrogen-bond donors (Lipinski definition) is 2. The molecule has 1 aliphatic heterocycles. The largest absolute Gasteiger partial charge is 0.391 e. The third kappa shape index (κ3) is 3.17. The number of aliphatic hydroxyl groups is 1. The summed E-state index contributed by atoms with van der Waals surface area (Å²) in [6.07, 6.45) is 1.81. The second-order valence-electron chi connectivity index (χ2n) is 5.06. The van der Waals surface area contributed by atoms with E-state index in [9.17, 15) is 13.5 Å². The van der Waals surface area contributed by atoms with Crippen LogP contribution in [0.4, 0.5) is 0 Å². The van der Waals surface area contributed by atoms with Gasteiger partial charge in [-0.15, -0.1) is 11.3 Å². The summed E-state index contributed by atoms with van der Waals surface area (Å²) in [5, 5.41) is 11.0. The Morgan fingerprint density at radius 3 is 2.89 bits per heavy atom. The highest BCUT2D eigenvalue weighted by atomic mass is 32.2. The molecule has 1 atom stereocenters. The molecule has 2 heterocycles. The molecule has 1 aromatic heterocycles. The summed E-state index contributed by atoms with van der Waals surface area (Å²) in [6.45, 7) is 4.32. The van der Waals surface area contributed by atoms with Crippen molar-refractivity contribution in [2.75, 3.05) is 13.2 Å². The molecule has 1 aliphatic rings. The molecule has 5 nitrogen and oxygen atoms in total. The number of ether oxygens (including phenoxy) is 1. The summed E-state index contributed by atoms with van der Waals surface area (Å²) in [4.78, 5) is 0.684. The predicted octanol–water partition coefficient (Wildman–Crippen LogP) is 1.40. The first kappa shape index (κ1) is 14.9. The highest BCUT2D eigenvalue weighted by Gasteiger charge is 2.32. The molecule has 19 heavy (non-hydrogen) atoms. The Bertz CT molecular complexity index is 544. The van der Waals surface area contributed by atoms with Gasteiger partial charge >= 0.3 is 0 Å². The number of sulfonamides is 1. The number of nitrogens with one attached hydrogen (secondary N) is 1. The average molecular weight is 305 g/mol. The minimum Gasteiger partial charge on any atom is -0.391 e. The molecule has 1 unspecified atom stereocenters. The molecule has 0 bridgehead atoms. The van der Waals surface area contributed by atoms with Gasteiger partial charge in [0, 0.05) is 13.2 Å². The lowest BCUT2D eigenvalue weighted by Gasteiger charge is -2.23. The van der Waals surface area contributed by atoms with E-state index >= 15 is 0 Å². The molecule has 0 spiro atoms. The standard InChI is InChI=1S/C12H19NO4S2/c1-9-7-18-10(6-14)11(9)19(15,16)13-8-12(2)4-3-5-17-12/h7,13-14H,3-6,8H2,1-2H3. The molecule has 0 aliphatic carbocycles.